The van der Waals surface area contributed by atoms with E-state index in [2.05, 4.69) is 6.58 Å². The van der Waals surface area contributed by atoms with Crippen LogP contribution in [0.3, 0.4) is 0 Å². The molecule has 0 saturated carbocycles. The lowest BCUT2D eigenvalue weighted by Crippen LogP contribution is -2.44. The molecule has 0 spiro atoms. The van der Waals surface area contributed by atoms with Crippen LogP contribution in [0.2, 0.25) is 0 Å². The number of fused-ring (bicyclic) bond motifs is 1. The van der Waals surface area contributed by atoms with Gasteiger partial charge < -0.3 is 9.47 Å². The topological polar surface area (TPSA) is 35.5 Å². The van der Waals surface area contributed by atoms with Gasteiger partial charge in [0, 0.05) is 18.1 Å². The Morgan fingerprint density at radius 1 is 1.36 bits per heavy atom. The second-order valence-corrected chi connectivity index (χ2v) is 6.41. The van der Waals surface area contributed by atoms with Crippen LogP contribution in [-0.2, 0) is 21.6 Å². The molecule has 3 nitrogen and oxygen atoms in total. The maximum absolute atomic E-state index is 13.6. The van der Waals surface area contributed by atoms with Gasteiger partial charge in [0.1, 0.15) is 23.6 Å². The first-order valence-electron chi connectivity index (χ1n) is 8.34. The molecular formula is C21H21FO3. The fourth-order valence-electron chi connectivity index (χ4n) is 3.43. The lowest BCUT2D eigenvalue weighted by molar-refractivity contribution is -0.154. The number of carbonyl (C=O) groups is 1. The van der Waals surface area contributed by atoms with Crippen LogP contribution in [0.15, 0.2) is 61.2 Å². The molecule has 1 heterocycles. The van der Waals surface area contributed by atoms with Gasteiger partial charge in [0.05, 0.1) is 6.10 Å². The Morgan fingerprint density at radius 3 is 2.84 bits per heavy atom. The molecule has 0 radical (unpaired) electrons. The second kappa shape index (κ2) is 7.09. The zero-order valence-electron chi connectivity index (χ0n) is 14.2. The number of allylic oxidation sites excluding steroid dienone is 1. The molecular weight excluding hydrogens is 319 g/mol. The largest absolute Gasteiger partial charge is 0.490 e. The van der Waals surface area contributed by atoms with E-state index in [1.807, 2.05) is 37.3 Å². The average molecular weight is 340 g/mol. The van der Waals surface area contributed by atoms with Crippen molar-refractivity contribution in [2.24, 2.45) is 0 Å². The molecule has 4 heteroatoms. The fraction of sp³-hybridized carbons (Fsp3) is 0.286. The predicted octanol–water partition coefficient (Wildman–Crippen LogP) is 4.55. The molecule has 25 heavy (non-hydrogen) atoms. The van der Waals surface area contributed by atoms with Gasteiger partial charge in [-0.15, -0.1) is 6.58 Å². The van der Waals surface area contributed by atoms with Gasteiger partial charge in [-0.25, -0.2) is 4.39 Å². The van der Waals surface area contributed by atoms with E-state index in [4.69, 9.17) is 9.47 Å². The van der Waals surface area contributed by atoms with Crippen molar-refractivity contribution in [1.82, 2.24) is 0 Å². The van der Waals surface area contributed by atoms with E-state index in [-0.39, 0.29) is 18.7 Å². The van der Waals surface area contributed by atoms with Crippen LogP contribution in [0, 0.1) is 5.82 Å². The molecule has 130 valence electrons. The zero-order chi connectivity index (χ0) is 17.9. The van der Waals surface area contributed by atoms with E-state index >= 15 is 0 Å². The summed E-state index contributed by atoms with van der Waals surface area (Å²) in [6.07, 6.45) is 2.35. The third-order valence-electron chi connectivity index (χ3n) is 4.52. The fourth-order valence-corrected chi connectivity index (χ4v) is 3.43. The SMILES string of the molecule is C=CC[C@@]1(C(=O)OCc2ccccc2)C[C@H](C)Oc2cc(F)ccc21. The van der Waals surface area contributed by atoms with Crippen molar-refractivity contribution in [2.75, 3.05) is 0 Å². The molecule has 2 aromatic rings. The van der Waals surface area contributed by atoms with Crippen molar-refractivity contribution in [3.63, 3.8) is 0 Å². The Kier molecular flexibility index (Phi) is 4.88. The van der Waals surface area contributed by atoms with Crippen LogP contribution in [-0.4, -0.2) is 12.1 Å². The van der Waals surface area contributed by atoms with Crippen LogP contribution in [0.1, 0.15) is 30.9 Å². The van der Waals surface area contributed by atoms with E-state index in [9.17, 15) is 9.18 Å². The summed E-state index contributed by atoms with van der Waals surface area (Å²) in [5, 5.41) is 0. The molecule has 2 aromatic carbocycles. The summed E-state index contributed by atoms with van der Waals surface area (Å²) in [6, 6.07) is 13.8. The molecule has 0 aromatic heterocycles. The van der Waals surface area contributed by atoms with Crippen LogP contribution in [0.25, 0.3) is 0 Å². The van der Waals surface area contributed by atoms with Crippen LogP contribution in [0.5, 0.6) is 5.75 Å². The number of hydrogen-bond acceptors (Lipinski definition) is 3. The number of esters is 1. The highest BCUT2D eigenvalue weighted by molar-refractivity contribution is 5.85. The highest BCUT2D eigenvalue weighted by Gasteiger charge is 2.47. The molecule has 1 aliphatic rings. The zero-order valence-corrected chi connectivity index (χ0v) is 14.2. The lowest BCUT2D eigenvalue weighted by atomic mass is 9.71. The van der Waals surface area contributed by atoms with Gasteiger partial charge in [0.2, 0.25) is 0 Å². The monoisotopic (exact) mass is 340 g/mol. The highest BCUT2D eigenvalue weighted by atomic mass is 19.1. The van der Waals surface area contributed by atoms with Crippen molar-refractivity contribution in [3.05, 3.63) is 78.1 Å². The minimum Gasteiger partial charge on any atom is -0.490 e. The minimum absolute atomic E-state index is 0.199. The van der Waals surface area contributed by atoms with Gasteiger partial charge >= 0.3 is 5.97 Å². The summed E-state index contributed by atoms with van der Waals surface area (Å²) in [7, 11) is 0. The average Bonchev–Trinajstić information content (AvgIpc) is 2.60. The summed E-state index contributed by atoms with van der Waals surface area (Å²) in [5.74, 6) is -0.325. The third-order valence-corrected chi connectivity index (χ3v) is 4.52. The predicted molar refractivity (Wildman–Crippen MR) is 93.8 cm³/mol. The van der Waals surface area contributed by atoms with Gasteiger partial charge in [0.15, 0.2) is 0 Å². The smallest absolute Gasteiger partial charge is 0.317 e. The summed E-state index contributed by atoms with van der Waals surface area (Å²) < 4.78 is 25.0. The standard InChI is InChI=1S/C21H21FO3/c1-3-11-21(20(23)24-14-16-7-5-4-6-8-16)13-15(2)25-19-12-17(22)9-10-18(19)21/h3-10,12,15H,1,11,13-14H2,2H3/t15-,21+/m0/s1. The summed E-state index contributed by atoms with van der Waals surface area (Å²) in [5.41, 5.74) is 0.672. The maximum Gasteiger partial charge on any atom is 0.317 e. The van der Waals surface area contributed by atoms with E-state index in [1.165, 1.54) is 12.1 Å². The van der Waals surface area contributed by atoms with E-state index in [0.717, 1.165) is 5.56 Å². The molecule has 0 aliphatic carbocycles. The molecule has 0 fully saturated rings. The molecule has 1 aliphatic heterocycles. The third kappa shape index (κ3) is 3.43. The van der Waals surface area contributed by atoms with Gasteiger partial charge in [0.25, 0.3) is 0 Å². The van der Waals surface area contributed by atoms with Crippen molar-refractivity contribution in [3.8, 4) is 5.75 Å². The van der Waals surface area contributed by atoms with Crippen LogP contribution < -0.4 is 4.74 Å². The number of hydrogen-bond donors (Lipinski definition) is 0. The number of rotatable bonds is 5. The molecule has 0 unspecified atom stereocenters. The van der Waals surface area contributed by atoms with Gasteiger partial charge in [-0.1, -0.05) is 42.5 Å². The van der Waals surface area contributed by atoms with Crippen LogP contribution >= 0.6 is 0 Å². The Bertz CT molecular complexity index is 772. The van der Waals surface area contributed by atoms with E-state index < -0.39 is 11.2 Å². The van der Waals surface area contributed by atoms with Gasteiger partial charge in [-0.2, -0.15) is 0 Å². The quantitative estimate of drug-likeness (QED) is 0.591. The lowest BCUT2D eigenvalue weighted by Gasteiger charge is -2.39. The first-order chi connectivity index (χ1) is 12.0. The van der Waals surface area contributed by atoms with Crippen molar-refractivity contribution < 1.29 is 18.7 Å². The molecule has 0 saturated heterocycles. The summed E-state index contributed by atoms with van der Waals surface area (Å²) in [4.78, 5) is 13.1. The van der Waals surface area contributed by atoms with E-state index in [0.29, 0.717) is 24.2 Å². The molecule has 0 amide bonds. The summed E-state index contributed by atoms with van der Waals surface area (Å²) in [6.45, 7) is 5.86. The number of benzene rings is 2. The Balaban J connectivity index is 1.93. The van der Waals surface area contributed by atoms with Crippen molar-refractivity contribution >= 4 is 5.97 Å². The van der Waals surface area contributed by atoms with Gasteiger partial charge in [-0.3, -0.25) is 4.79 Å². The highest BCUT2D eigenvalue weighted by Crippen LogP contribution is 2.45. The number of carbonyl (C=O) groups excluding carboxylic acids is 1. The van der Waals surface area contributed by atoms with Crippen LogP contribution in [0.4, 0.5) is 4.39 Å². The molecule has 0 N–H and O–H groups in total. The normalized spacial score (nSPS) is 21.8. The molecule has 2 atom stereocenters. The Morgan fingerprint density at radius 2 is 2.12 bits per heavy atom. The molecule has 3 rings (SSSR count). The minimum atomic E-state index is -0.906. The maximum atomic E-state index is 13.6. The van der Waals surface area contributed by atoms with Crippen molar-refractivity contribution in [2.45, 2.75) is 37.9 Å². The first-order valence-corrected chi connectivity index (χ1v) is 8.34. The second-order valence-electron chi connectivity index (χ2n) is 6.41. The van der Waals surface area contributed by atoms with E-state index in [1.54, 1.807) is 12.1 Å². The number of ether oxygens (including phenoxy) is 2. The summed E-state index contributed by atoms with van der Waals surface area (Å²) >= 11 is 0. The molecule has 0 bridgehead atoms. The van der Waals surface area contributed by atoms with Gasteiger partial charge in [-0.05, 0) is 25.0 Å². The van der Waals surface area contributed by atoms with Crippen molar-refractivity contribution in [1.29, 1.82) is 0 Å². The Labute approximate surface area is 147 Å². The number of halogens is 1. The Hall–Kier alpha value is -2.62. The first kappa shape index (κ1) is 17.2.